The monoisotopic (exact) mass is 183 g/mol. The second kappa shape index (κ2) is 5.38. The highest BCUT2D eigenvalue weighted by molar-refractivity contribution is 5.82. The molecule has 0 spiro atoms. The molecule has 0 radical (unpaired) electrons. The van der Waals surface area contributed by atoms with Gasteiger partial charge in [-0.1, -0.05) is 25.7 Å². The number of likely N-dealkylation sites (N-methyl/N-ethyl adjacent to an activating group) is 1. The van der Waals surface area contributed by atoms with Gasteiger partial charge in [-0.05, 0) is 26.9 Å². The third-order valence-electron chi connectivity index (χ3n) is 2.78. The fourth-order valence-electron chi connectivity index (χ4n) is 2.04. The van der Waals surface area contributed by atoms with Gasteiger partial charge in [-0.2, -0.15) is 0 Å². The van der Waals surface area contributed by atoms with Crippen molar-refractivity contribution in [2.45, 2.75) is 38.5 Å². The minimum absolute atomic E-state index is 0.366. The van der Waals surface area contributed by atoms with E-state index in [1.165, 1.54) is 25.7 Å². The number of ketones is 1. The molecule has 0 aromatic heterocycles. The number of hydrogen-bond acceptors (Lipinski definition) is 2. The molecule has 0 aromatic carbocycles. The van der Waals surface area contributed by atoms with Crippen LogP contribution in [0.4, 0.5) is 0 Å². The van der Waals surface area contributed by atoms with Crippen LogP contribution in [0, 0.1) is 5.92 Å². The van der Waals surface area contributed by atoms with E-state index < -0.39 is 0 Å². The van der Waals surface area contributed by atoms with Gasteiger partial charge in [0.2, 0.25) is 0 Å². The summed E-state index contributed by atoms with van der Waals surface area (Å²) in [4.78, 5) is 13.7. The summed E-state index contributed by atoms with van der Waals surface area (Å²) in [5.74, 6) is 0.816. The number of Topliss-reactive ketones (excluding diaryl/α,β-unsaturated/α-hetero) is 1. The Morgan fingerprint density at radius 2 is 1.69 bits per heavy atom. The van der Waals surface area contributed by atoms with E-state index in [-0.39, 0.29) is 0 Å². The Morgan fingerprint density at radius 3 is 2.15 bits per heavy atom. The highest BCUT2D eigenvalue weighted by Gasteiger charge is 2.19. The molecule has 1 rings (SSSR count). The Kier molecular flexibility index (Phi) is 4.43. The van der Waals surface area contributed by atoms with Crippen LogP contribution in [0.1, 0.15) is 38.5 Å². The standard InChI is InChI=1S/C11H21NO/c1-12(2)9-11(13)10-7-5-3-4-6-8-10/h10H,3-9H2,1-2H3. The van der Waals surface area contributed by atoms with Gasteiger partial charge in [0.25, 0.3) is 0 Å². The Balaban J connectivity index is 2.35. The van der Waals surface area contributed by atoms with Crippen LogP contribution in [0.5, 0.6) is 0 Å². The second-order valence-electron chi connectivity index (χ2n) is 4.39. The van der Waals surface area contributed by atoms with Gasteiger partial charge in [-0.15, -0.1) is 0 Å². The fraction of sp³-hybridized carbons (Fsp3) is 0.909. The van der Waals surface area contributed by atoms with Gasteiger partial charge < -0.3 is 4.90 Å². The zero-order valence-corrected chi connectivity index (χ0v) is 8.88. The summed E-state index contributed by atoms with van der Waals surface area (Å²) in [7, 11) is 3.93. The number of carbonyl (C=O) groups is 1. The molecular formula is C11H21NO. The van der Waals surface area contributed by atoms with Crippen LogP contribution in [0.2, 0.25) is 0 Å². The Labute approximate surface area is 81.3 Å². The Hall–Kier alpha value is -0.370. The molecule has 0 aliphatic heterocycles. The third kappa shape index (κ3) is 3.90. The highest BCUT2D eigenvalue weighted by atomic mass is 16.1. The predicted octanol–water partition coefficient (Wildman–Crippen LogP) is 2.09. The van der Waals surface area contributed by atoms with Crippen molar-refractivity contribution in [3.63, 3.8) is 0 Å². The minimum atomic E-state index is 0.366. The number of hydrogen-bond donors (Lipinski definition) is 0. The molecular weight excluding hydrogens is 162 g/mol. The summed E-state index contributed by atoms with van der Waals surface area (Å²) in [5.41, 5.74) is 0. The van der Waals surface area contributed by atoms with Crippen molar-refractivity contribution in [2.24, 2.45) is 5.92 Å². The zero-order chi connectivity index (χ0) is 9.68. The van der Waals surface area contributed by atoms with Crippen LogP contribution in [-0.4, -0.2) is 31.3 Å². The third-order valence-corrected chi connectivity index (χ3v) is 2.78. The first-order valence-corrected chi connectivity index (χ1v) is 5.37. The van der Waals surface area contributed by atoms with E-state index >= 15 is 0 Å². The summed E-state index contributed by atoms with van der Waals surface area (Å²) in [6, 6.07) is 0. The molecule has 76 valence electrons. The minimum Gasteiger partial charge on any atom is -0.302 e. The summed E-state index contributed by atoms with van der Waals surface area (Å²) in [5, 5.41) is 0. The van der Waals surface area contributed by atoms with E-state index in [9.17, 15) is 4.79 Å². The van der Waals surface area contributed by atoms with E-state index in [1.807, 2.05) is 19.0 Å². The molecule has 2 nitrogen and oxygen atoms in total. The average molecular weight is 183 g/mol. The van der Waals surface area contributed by atoms with E-state index in [2.05, 4.69) is 0 Å². The maximum absolute atomic E-state index is 11.7. The maximum Gasteiger partial charge on any atom is 0.149 e. The molecule has 0 unspecified atom stereocenters. The smallest absolute Gasteiger partial charge is 0.149 e. The maximum atomic E-state index is 11.7. The summed E-state index contributed by atoms with van der Waals surface area (Å²) < 4.78 is 0. The lowest BCUT2D eigenvalue weighted by atomic mass is 9.95. The van der Waals surface area contributed by atoms with Crippen LogP contribution >= 0.6 is 0 Å². The van der Waals surface area contributed by atoms with Crippen molar-refractivity contribution in [3.05, 3.63) is 0 Å². The van der Waals surface area contributed by atoms with Crippen molar-refractivity contribution >= 4 is 5.78 Å². The first kappa shape index (κ1) is 10.7. The average Bonchev–Trinajstić information content (AvgIpc) is 2.29. The first-order valence-electron chi connectivity index (χ1n) is 5.37. The van der Waals surface area contributed by atoms with Crippen LogP contribution in [0.3, 0.4) is 0 Å². The lowest BCUT2D eigenvalue weighted by Crippen LogP contribution is -2.27. The fourth-order valence-corrected chi connectivity index (χ4v) is 2.04. The topological polar surface area (TPSA) is 20.3 Å². The molecule has 0 heterocycles. The highest BCUT2D eigenvalue weighted by Crippen LogP contribution is 2.23. The van der Waals surface area contributed by atoms with Crippen LogP contribution < -0.4 is 0 Å². The molecule has 0 amide bonds. The van der Waals surface area contributed by atoms with Crippen LogP contribution in [0.25, 0.3) is 0 Å². The predicted molar refractivity (Wildman–Crippen MR) is 54.8 cm³/mol. The summed E-state index contributed by atoms with van der Waals surface area (Å²) >= 11 is 0. The molecule has 13 heavy (non-hydrogen) atoms. The Bertz CT molecular complexity index is 157. The van der Waals surface area contributed by atoms with Crippen molar-refractivity contribution in [1.29, 1.82) is 0 Å². The van der Waals surface area contributed by atoms with Gasteiger partial charge in [0.1, 0.15) is 5.78 Å². The Morgan fingerprint density at radius 1 is 1.15 bits per heavy atom. The van der Waals surface area contributed by atoms with Crippen LogP contribution in [-0.2, 0) is 4.79 Å². The quantitative estimate of drug-likeness (QED) is 0.624. The summed E-state index contributed by atoms with van der Waals surface area (Å²) in [6.07, 6.45) is 7.42. The molecule has 1 saturated carbocycles. The van der Waals surface area contributed by atoms with Gasteiger partial charge in [-0.25, -0.2) is 0 Å². The van der Waals surface area contributed by atoms with Crippen LogP contribution in [0.15, 0.2) is 0 Å². The van der Waals surface area contributed by atoms with Gasteiger partial charge in [0, 0.05) is 5.92 Å². The molecule has 0 bridgehead atoms. The molecule has 1 fully saturated rings. The largest absolute Gasteiger partial charge is 0.302 e. The van der Waals surface area contributed by atoms with E-state index in [0.717, 1.165) is 12.8 Å². The van der Waals surface area contributed by atoms with Gasteiger partial charge >= 0.3 is 0 Å². The lowest BCUT2D eigenvalue weighted by Gasteiger charge is -2.15. The van der Waals surface area contributed by atoms with Gasteiger partial charge in [-0.3, -0.25) is 4.79 Å². The normalized spacial score (nSPS) is 20.2. The SMILES string of the molecule is CN(C)CC(=O)C1CCCCCC1. The van der Waals surface area contributed by atoms with Gasteiger partial charge in [0.05, 0.1) is 6.54 Å². The lowest BCUT2D eigenvalue weighted by molar-refractivity contribution is -0.123. The first-order chi connectivity index (χ1) is 6.20. The molecule has 0 aromatic rings. The van der Waals surface area contributed by atoms with E-state index in [4.69, 9.17) is 0 Å². The number of nitrogens with zero attached hydrogens (tertiary/aromatic N) is 1. The number of carbonyl (C=O) groups excluding carboxylic acids is 1. The molecule has 0 atom stereocenters. The molecule has 0 saturated heterocycles. The summed E-state index contributed by atoms with van der Waals surface area (Å²) in [6.45, 7) is 0.630. The van der Waals surface area contributed by atoms with Crippen molar-refractivity contribution in [1.82, 2.24) is 4.90 Å². The van der Waals surface area contributed by atoms with E-state index in [1.54, 1.807) is 0 Å². The molecule has 2 heteroatoms. The van der Waals surface area contributed by atoms with Gasteiger partial charge in [0.15, 0.2) is 0 Å². The zero-order valence-electron chi connectivity index (χ0n) is 8.88. The van der Waals surface area contributed by atoms with E-state index in [0.29, 0.717) is 18.2 Å². The molecule has 1 aliphatic carbocycles. The van der Waals surface area contributed by atoms with Crippen molar-refractivity contribution in [3.8, 4) is 0 Å². The van der Waals surface area contributed by atoms with Crippen molar-refractivity contribution < 1.29 is 4.79 Å². The molecule has 1 aliphatic rings. The van der Waals surface area contributed by atoms with Crippen molar-refractivity contribution in [2.75, 3.05) is 20.6 Å². The number of rotatable bonds is 3. The second-order valence-corrected chi connectivity index (χ2v) is 4.39. The molecule has 0 N–H and O–H groups in total.